The number of hydrogen-bond acceptors (Lipinski definition) is 6. The molecule has 0 saturated heterocycles. The predicted molar refractivity (Wildman–Crippen MR) is 88.8 cm³/mol. The zero-order valence-corrected chi connectivity index (χ0v) is 15.4. The standard InChI is InChI=1S/C15H19F2N3O6S/c1-18-13(21)8-20(2)14(22)9-26-15(23)5-6-19-27(24,25)10-3-4-11(16)12(17)7-10/h3-4,7,19H,5-6,8-9H2,1-2H3,(H,18,21). The monoisotopic (exact) mass is 407 g/mol. The van der Waals surface area contributed by atoms with Gasteiger partial charge in [-0.1, -0.05) is 0 Å². The molecule has 0 aliphatic carbocycles. The lowest BCUT2D eigenvalue weighted by atomic mass is 10.3. The molecule has 9 nitrogen and oxygen atoms in total. The summed E-state index contributed by atoms with van der Waals surface area (Å²) in [4.78, 5) is 34.9. The van der Waals surface area contributed by atoms with Crippen LogP contribution in [0, 0.1) is 11.6 Å². The average molecular weight is 407 g/mol. The number of esters is 1. The van der Waals surface area contributed by atoms with E-state index in [1.54, 1.807) is 0 Å². The molecule has 0 aromatic heterocycles. The third kappa shape index (κ3) is 7.27. The van der Waals surface area contributed by atoms with Crippen LogP contribution < -0.4 is 10.0 Å². The zero-order chi connectivity index (χ0) is 20.6. The fourth-order valence-electron chi connectivity index (χ4n) is 1.72. The summed E-state index contributed by atoms with van der Waals surface area (Å²) in [6.45, 7) is -1.19. The molecule has 1 rings (SSSR count). The van der Waals surface area contributed by atoms with Crippen molar-refractivity contribution in [1.29, 1.82) is 0 Å². The molecule has 0 saturated carbocycles. The molecule has 0 unspecified atom stereocenters. The van der Waals surface area contributed by atoms with Crippen LogP contribution in [0.25, 0.3) is 0 Å². The largest absolute Gasteiger partial charge is 0.456 e. The number of halogens is 2. The molecule has 0 aliphatic rings. The summed E-state index contributed by atoms with van der Waals surface area (Å²) < 4.78 is 56.5. The van der Waals surface area contributed by atoms with Crippen molar-refractivity contribution in [2.45, 2.75) is 11.3 Å². The fraction of sp³-hybridized carbons (Fsp3) is 0.400. The van der Waals surface area contributed by atoms with Gasteiger partial charge in [-0.25, -0.2) is 21.9 Å². The molecule has 0 aliphatic heterocycles. The van der Waals surface area contributed by atoms with E-state index in [9.17, 15) is 31.6 Å². The summed E-state index contributed by atoms with van der Waals surface area (Å²) in [6, 6.07) is 2.05. The maximum Gasteiger partial charge on any atom is 0.307 e. The molecule has 2 amide bonds. The number of nitrogens with one attached hydrogen (secondary N) is 2. The van der Waals surface area contributed by atoms with Crippen LogP contribution in [0.2, 0.25) is 0 Å². The highest BCUT2D eigenvalue weighted by Gasteiger charge is 2.18. The van der Waals surface area contributed by atoms with Crippen LogP contribution in [0.15, 0.2) is 23.1 Å². The number of nitrogens with zero attached hydrogens (tertiary/aromatic N) is 1. The van der Waals surface area contributed by atoms with E-state index in [2.05, 4.69) is 10.1 Å². The SMILES string of the molecule is CNC(=O)CN(C)C(=O)COC(=O)CCNS(=O)(=O)c1ccc(F)c(F)c1. The zero-order valence-electron chi connectivity index (χ0n) is 14.6. The van der Waals surface area contributed by atoms with Crippen LogP contribution in [0.5, 0.6) is 0 Å². The van der Waals surface area contributed by atoms with E-state index in [1.165, 1.54) is 14.1 Å². The van der Waals surface area contributed by atoms with Gasteiger partial charge in [-0.15, -0.1) is 0 Å². The van der Waals surface area contributed by atoms with Gasteiger partial charge in [0.05, 0.1) is 17.9 Å². The second kappa shape index (κ2) is 9.92. The van der Waals surface area contributed by atoms with Gasteiger partial charge >= 0.3 is 5.97 Å². The lowest BCUT2D eigenvalue weighted by Gasteiger charge is -2.15. The second-order valence-electron chi connectivity index (χ2n) is 5.31. The minimum absolute atomic E-state index is 0.207. The Labute approximate surface area is 154 Å². The number of rotatable bonds is 9. The summed E-state index contributed by atoms with van der Waals surface area (Å²) in [5, 5.41) is 2.33. The van der Waals surface area contributed by atoms with Crippen molar-refractivity contribution in [2.75, 3.05) is 33.8 Å². The molecule has 1 aromatic carbocycles. The number of carbonyl (C=O) groups excluding carboxylic acids is 3. The molecular weight excluding hydrogens is 388 g/mol. The van der Waals surface area contributed by atoms with Crippen LogP contribution in [0.3, 0.4) is 0 Å². The Morgan fingerprint density at radius 1 is 1.19 bits per heavy atom. The van der Waals surface area contributed by atoms with Crippen molar-refractivity contribution >= 4 is 27.8 Å². The molecule has 0 fully saturated rings. The Kier molecular flexibility index (Phi) is 8.25. The smallest absolute Gasteiger partial charge is 0.307 e. The van der Waals surface area contributed by atoms with Crippen molar-refractivity contribution in [3.05, 3.63) is 29.8 Å². The van der Waals surface area contributed by atoms with E-state index in [1.807, 2.05) is 4.72 Å². The highest BCUT2D eigenvalue weighted by molar-refractivity contribution is 7.89. The number of likely N-dealkylation sites (N-methyl/N-ethyl adjacent to an activating group) is 2. The van der Waals surface area contributed by atoms with E-state index < -0.39 is 57.4 Å². The third-order valence-corrected chi connectivity index (χ3v) is 4.72. The van der Waals surface area contributed by atoms with Crippen LogP contribution in [-0.4, -0.2) is 64.9 Å². The topological polar surface area (TPSA) is 122 Å². The van der Waals surface area contributed by atoms with Crippen LogP contribution in [0.1, 0.15) is 6.42 Å². The minimum Gasteiger partial charge on any atom is -0.456 e. The first kappa shape index (κ1) is 22.4. The molecule has 0 heterocycles. The Morgan fingerprint density at radius 3 is 2.44 bits per heavy atom. The number of benzene rings is 1. The molecule has 0 atom stereocenters. The summed E-state index contributed by atoms with van der Waals surface area (Å²) in [7, 11) is -1.39. The Bertz CT molecular complexity index is 816. The van der Waals surface area contributed by atoms with Gasteiger partial charge in [0, 0.05) is 20.6 Å². The molecule has 150 valence electrons. The molecule has 0 bridgehead atoms. The number of amides is 2. The minimum atomic E-state index is -4.14. The maximum absolute atomic E-state index is 13.1. The van der Waals surface area contributed by atoms with Gasteiger partial charge in [-0.3, -0.25) is 14.4 Å². The Balaban J connectivity index is 2.43. The highest BCUT2D eigenvalue weighted by atomic mass is 32.2. The van der Waals surface area contributed by atoms with E-state index >= 15 is 0 Å². The quantitative estimate of drug-likeness (QED) is 0.526. The summed E-state index contributed by atoms with van der Waals surface area (Å²) >= 11 is 0. The van der Waals surface area contributed by atoms with E-state index in [0.29, 0.717) is 12.1 Å². The number of carbonyl (C=O) groups is 3. The van der Waals surface area contributed by atoms with Crippen molar-refractivity contribution < 1.29 is 36.3 Å². The van der Waals surface area contributed by atoms with E-state index in [0.717, 1.165) is 11.0 Å². The van der Waals surface area contributed by atoms with Crippen molar-refractivity contribution in [1.82, 2.24) is 14.9 Å². The van der Waals surface area contributed by atoms with Crippen molar-refractivity contribution in [3.63, 3.8) is 0 Å². The van der Waals surface area contributed by atoms with Crippen LogP contribution in [-0.2, 0) is 29.1 Å². The Morgan fingerprint density at radius 2 is 1.85 bits per heavy atom. The third-order valence-electron chi connectivity index (χ3n) is 3.26. The highest BCUT2D eigenvalue weighted by Crippen LogP contribution is 2.13. The first-order chi connectivity index (χ1) is 12.6. The maximum atomic E-state index is 13.1. The number of ether oxygens (including phenoxy) is 1. The summed E-state index contributed by atoms with van der Waals surface area (Å²) in [5.41, 5.74) is 0. The van der Waals surface area contributed by atoms with Crippen LogP contribution >= 0.6 is 0 Å². The molecule has 0 radical (unpaired) electrons. The lowest BCUT2D eigenvalue weighted by molar-refractivity contribution is -0.151. The molecule has 27 heavy (non-hydrogen) atoms. The molecule has 12 heteroatoms. The Hall–Kier alpha value is -2.60. The first-order valence-corrected chi connectivity index (χ1v) is 9.10. The van der Waals surface area contributed by atoms with Gasteiger partial charge < -0.3 is 15.0 Å². The van der Waals surface area contributed by atoms with Crippen molar-refractivity contribution in [3.8, 4) is 0 Å². The average Bonchev–Trinajstić information content (AvgIpc) is 2.61. The molecule has 0 spiro atoms. The fourth-order valence-corrected chi connectivity index (χ4v) is 2.77. The number of sulfonamides is 1. The molecule has 1 aromatic rings. The molecule has 2 N–H and O–H groups in total. The lowest BCUT2D eigenvalue weighted by Crippen LogP contribution is -2.39. The summed E-state index contributed by atoms with van der Waals surface area (Å²) in [5.74, 6) is -4.39. The van der Waals surface area contributed by atoms with Gasteiger partial charge in [-0.05, 0) is 18.2 Å². The second-order valence-corrected chi connectivity index (χ2v) is 7.07. The van der Waals surface area contributed by atoms with Gasteiger partial charge in [0.1, 0.15) is 0 Å². The van der Waals surface area contributed by atoms with Crippen molar-refractivity contribution in [2.24, 2.45) is 0 Å². The molecular formula is C15H19F2N3O6S. The van der Waals surface area contributed by atoms with Gasteiger partial charge in [0.25, 0.3) is 5.91 Å². The van der Waals surface area contributed by atoms with Gasteiger partial charge in [0.2, 0.25) is 15.9 Å². The number of hydrogen-bond donors (Lipinski definition) is 2. The first-order valence-electron chi connectivity index (χ1n) is 7.61. The van der Waals surface area contributed by atoms with Crippen LogP contribution in [0.4, 0.5) is 8.78 Å². The van der Waals surface area contributed by atoms with Gasteiger partial charge in [-0.2, -0.15) is 0 Å². The predicted octanol–water partition coefficient (Wildman–Crippen LogP) is -0.619. The van der Waals surface area contributed by atoms with E-state index in [4.69, 9.17) is 0 Å². The van der Waals surface area contributed by atoms with E-state index in [-0.39, 0.29) is 13.1 Å². The van der Waals surface area contributed by atoms with Gasteiger partial charge in [0.15, 0.2) is 18.2 Å². The summed E-state index contributed by atoms with van der Waals surface area (Å²) in [6.07, 6.45) is -0.394. The normalized spacial score (nSPS) is 11.0.